The van der Waals surface area contributed by atoms with Gasteiger partial charge in [-0.1, -0.05) is 85.8 Å². The molecule has 190 valence electrons. The lowest BCUT2D eigenvalue weighted by Gasteiger charge is -2.30. The summed E-state index contributed by atoms with van der Waals surface area (Å²) in [6, 6.07) is 39.5. The van der Waals surface area contributed by atoms with Gasteiger partial charge < -0.3 is 4.74 Å². The maximum absolute atomic E-state index is 13.1. The molecule has 0 heterocycles. The Morgan fingerprint density at radius 2 is 1.05 bits per heavy atom. The van der Waals surface area contributed by atoms with Crippen molar-refractivity contribution in [3.63, 3.8) is 0 Å². The van der Waals surface area contributed by atoms with Crippen LogP contribution in [0.1, 0.15) is 41.0 Å². The van der Waals surface area contributed by atoms with Crippen LogP contribution in [-0.2, 0) is 4.74 Å². The molecule has 4 heteroatoms. The highest BCUT2D eigenvalue weighted by Gasteiger charge is 2.46. The minimum atomic E-state index is -1.95. The molecule has 0 saturated carbocycles. The number of ketones is 2. The Labute approximate surface area is 225 Å². The van der Waals surface area contributed by atoms with Gasteiger partial charge in [0.05, 0.1) is 12.8 Å². The van der Waals surface area contributed by atoms with Crippen LogP contribution in [0.4, 0.5) is 0 Å². The number of fused-ring (bicyclic) bond motifs is 1. The highest BCUT2D eigenvalue weighted by molar-refractivity contribution is 7.95. The molecule has 5 rings (SSSR count). The van der Waals surface area contributed by atoms with Crippen LogP contribution in [0.2, 0.25) is 0 Å². The monoisotopic (exact) mass is 519 g/mol. The van der Waals surface area contributed by atoms with Crippen LogP contribution in [0.25, 0.3) is 0 Å². The number of hydrogen-bond donors (Lipinski definition) is 0. The van der Waals surface area contributed by atoms with E-state index in [0.717, 1.165) is 12.6 Å². The zero-order valence-electron chi connectivity index (χ0n) is 21.8. The standard InChI is InChI=1S/C34H32O3P/c1-25(22-23-37-34-26(2)32(35)30-20-12-13-21-31(30)33(34)36)24-38(27-14-6-3-7-15-27,28-16-8-4-9-17-28)29-18-10-5-11-19-29/h3-21,25H,22-24H2,1-2H3/q+1. The van der Waals surface area contributed by atoms with E-state index >= 15 is 0 Å². The molecule has 0 saturated heterocycles. The first-order chi connectivity index (χ1) is 18.5. The zero-order valence-corrected chi connectivity index (χ0v) is 22.7. The predicted octanol–water partition coefficient (Wildman–Crippen LogP) is 6.38. The van der Waals surface area contributed by atoms with Gasteiger partial charge >= 0.3 is 0 Å². The summed E-state index contributed by atoms with van der Waals surface area (Å²) >= 11 is 0. The summed E-state index contributed by atoms with van der Waals surface area (Å²) in [5.41, 5.74) is 1.27. The third-order valence-corrected chi connectivity index (χ3v) is 12.0. The fourth-order valence-corrected chi connectivity index (χ4v) is 10.1. The first-order valence-electron chi connectivity index (χ1n) is 13.1. The number of carbonyl (C=O) groups excluding carboxylic acids is 2. The molecule has 0 radical (unpaired) electrons. The Hall–Kier alpha value is -3.81. The maximum Gasteiger partial charge on any atom is 0.228 e. The number of benzene rings is 4. The van der Waals surface area contributed by atoms with E-state index in [0.29, 0.717) is 29.2 Å². The summed E-state index contributed by atoms with van der Waals surface area (Å²) in [5.74, 6) is 0.165. The topological polar surface area (TPSA) is 43.4 Å². The van der Waals surface area contributed by atoms with Crippen LogP contribution >= 0.6 is 7.26 Å². The summed E-state index contributed by atoms with van der Waals surface area (Å²) in [4.78, 5) is 25.9. The van der Waals surface area contributed by atoms with E-state index in [2.05, 4.69) is 97.9 Å². The van der Waals surface area contributed by atoms with Crippen molar-refractivity contribution in [2.75, 3.05) is 12.8 Å². The quantitative estimate of drug-likeness (QED) is 0.241. The Balaban J connectivity index is 1.41. The van der Waals surface area contributed by atoms with Crippen LogP contribution in [-0.4, -0.2) is 24.3 Å². The molecule has 1 aliphatic carbocycles. The van der Waals surface area contributed by atoms with Gasteiger partial charge in [0, 0.05) is 16.7 Å². The van der Waals surface area contributed by atoms with Crippen LogP contribution in [0, 0.1) is 5.92 Å². The lowest BCUT2D eigenvalue weighted by atomic mass is 9.89. The smallest absolute Gasteiger partial charge is 0.228 e. The van der Waals surface area contributed by atoms with Crippen molar-refractivity contribution in [2.24, 2.45) is 5.92 Å². The molecule has 0 spiro atoms. The van der Waals surface area contributed by atoms with Gasteiger partial charge in [-0.15, -0.1) is 0 Å². The summed E-state index contributed by atoms with van der Waals surface area (Å²) in [6.07, 6.45) is 1.75. The SMILES string of the molecule is CC1=C(OCCC(C)C[P+](c2ccccc2)(c2ccccc2)c2ccccc2)C(=O)c2ccccc2C1=O. The van der Waals surface area contributed by atoms with Gasteiger partial charge in [-0.3, -0.25) is 9.59 Å². The lowest BCUT2D eigenvalue weighted by molar-refractivity contribution is 0.0863. The predicted molar refractivity (Wildman–Crippen MR) is 158 cm³/mol. The van der Waals surface area contributed by atoms with Gasteiger partial charge in [-0.05, 0) is 55.7 Å². The second-order valence-electron chi connectivity index (χ2n) is 9.90. The number of allylic oxidation sites excluding steroid dienone is 2. The highest BCUT2D eigenvalue weighted by Crippen LogP contribution is 2.56. The van der Waals surface area contributed by atoms with Crippen molar-refractivity contribution in [2.45, 2.75) is 20.3 Å². The third kappa shape index (κ3) is 4.87. The van der Waals surface area contributed by atoms with Gasteiger partial charge in [-0.2, -0.15) is 0 Å². The Morgan fingerprint density at radius 3 is 1.53 bits per heavy atom. The molecule has 0 N–H and O–H groups in total. The fraction of sp³-hybridized carbons (Fsp3) is 0.176. The van der Waals surface area contributed by atoms with E-state index in [1.54, 1.807) is 31.2 Å². The fourth-order valence-electron chi connectivity index (χ4n) is 5.38. The third-order valence-electron chi connectivity index (χ3n) is 7.34. The number of Topliss-reactive ketones (excluding diaryl/α,β-unsaturated/α-hetero) is 2. The average Bonchev–Trinajstić information content (AvgIpc) is 2.98. The molecule has 0 aliphatic heterocycles. The molecule has 1 atom stereocenters. The second-order valence-corrected chi connectivity index (χ2v) is 13.4. The number of ether oxygens (including phenoxy) is 1. The summed E-state index contributed by atoms with van der Waals surface area (Å²) < 4.78 is 6.06. The summed E-state index contributed by atoms with van der Waals surface area (Å²) in [5, 5.41) is 4.06. The van der Waals surface area contributed by atoms with Gasteiger partial charge in [0.25, 0.3) is 0 Å². The average molecular weight is 520 g/mol. The van der Waals surface area contributed by atoms with Crippen LogP contribution in [0.15, 0.2) is 127 Å². The summed E-state index contributed by atoms with van der Waals surface area (Å²) in [7, 11) is -1.95. The lowest BCUT2D eigenvalue weighted by Crippen LogP contribution is -2.35. The molecule has 3 nitrogen and oxygen atoms in total. The Morgan fingerprint density at radius 1 is 0.632 bits per heavy atom. The van der Waals surface area contributed by atoms with E-state index in [1.807, 2.05) is 0 Å². The van der Waals surface area contributed by atoms with Gasteiger partial charge in [-0.25, -0.2) is 0 Å². The van der Waals surface area contributed by atoms with Crippen LogP contribution < -0.4 is 15.9 Å². The van der Waals surface area contributed by atoms with Gasteiger partial charge in [0.2, 0.25) is 5.78 Å². The molecule has 0 fully saturated rings. The number of carbonyl (C=O) groups is 2. The van der Waals surface area contributed by atoms with Crippen molar-refractivity contribution in [3.8, 4) is 0 Å². The van der Waals surface area contributed by atoms with Gasteiger partial charge in [0.15, 0.2) is 11.5 Å². The zero-order chi connectivity index (χ0) is 26.5. The molecule has 1 aliphatic rings. The number of hydrogen-bond acceptors (Lipinski definition) is 3. The first kappa shape index (κ1) is 25.8. The molecule has 38 heavy (non-hydrogen) atoms. The number of rotatable bonds is 9. The minimum Gasteiger partial charge on any atom is -0.489 e. The van der Waals surface area contributed by atoms with Crippen molar-refractivity contribution < 1.29 is 14.3 Å². The highest BCUT2D eigenvalue weighted by atomic mass is 31.2. The molecular weight excluding hydrogens is 487 g/mol. The molecular formula is C34H32O3P+. The minimum absolute atomic E-state index is 0.134. The maximum atomic E-state index is 13.1. The van der Waals surface area contributed by atoms with E-state index < -0.39 is 7.26 Å². The normalized spacial score (nSPS) is 14.3. The largest absolute Gasteiger partial charge is 0.489 e. The van der Waals surface area contributed by atoms with Crippen molar-refractivity contribution in [1.29, 1.82) is 0 Å². The van der Waals surface area contributed by atoms with E-state index in [9.17, 15) is 9.59 Å². The molecule has 0 bridgehead atoms. The molecule has 0 amide bonds. The van der Waals surface area contributed by atoms with Crippen LogP contribution in [0.5, 0.6) is 0 Å². The molecule has 1 unspecified atom stereocenters. The first-order valence-corrected chi connectivity index (χ1v) is 15.1. The van der Waals surface area contributed by atoms with E-state index in [-0.39, 0.29) is 17.3 Å². The Kier molecular flexibility index (Phi) is 7.67. The van der Waals surface area contributed by atoms with Crippen molar-refractivity contribution in [1.82, 2.24) is 0 Å². The van der Waals surface area contributed by atoms with Crippen LogP contribution in [0.3, 0.4) is 0 Å². The van der Waals surface area contributed by atoms with E-state index in [1.165, 1.54) is 15.9 Å². The second kappa shape index (κ2) is 11.3. The molecule has 0 aromatic heterocycles. The van der Waals surface area contributed by atoms with Crippen molar-refractivity contribution in [3.05, 3.63) is 138 Å². The van der Waals surface area contributed by atoms with E-state index in [4.69, 9.17) is 4.74 Å². The Bertz CT molecular complexity index is 1360. The molecule has 4 aromatic carbocycles. The summed E-state index contributed by atoms with van der Waals surface area (Å²) in [6.45, 7) is 4.33. The molecule has 4 aromatic rings. The van der Waals surface area contributed by atoms with Crippen molar-refractivity contribution >= 4 is 34.7 Å². The van der Waals surface area contributed by atoms with Gasteiger partial charge in [0.1, 0.15) is 23.2 Å².